The number of benzene rings is 2. The smallest absolute Gasteiger partial charge is 0.143 e. The fourth-order valence-corrected chi connectivity index (χ4v) is 2.97. The summed E-state index contributed by atoms with van der Waals surface area (Å²) < 4.78 is 6.27. The van der Waals surface area contributed by atoms with Crippen LogP contribution in [0.15, 0.2) is 48.5 Å². The average Bonchev–Trinajstić information content (AvgIpc) is 2.55. The highest BCUT2D eigenvalue weighted by Gasteiger charge is 2.26. The van der Waals surface area contributed by atoms with Crippen LogP contribution >= 0.6 is 0 Å². The number of fused-ring (bicyclic) bond motifs is 1. The molecule has 3 rings (SSSR count). The van der Waals surface area contributed by atoms with Gasteiger partial charge in [0, 0.05) is 6.54 Å². The Morgan fingerprint density at radius 3 is 2.73 bits per heavy atom. The van der Waals surface area contributed by atoms with Crippen molar-refractivity contribution in [1.29, 1.82) is 0 Å². The van der Waals surface area contributed by atoms with Gasteiger partial charge in [-0.1, -0.05) is 36.4 Å². The summed E-state index contributed by atoms with van der Waals surface area (Å²) in [5, 5.41) is 0. The maximum Gasteiger partial charge on any atom is 0.143 e. The Labute approximate surface area is 132 Å². The summed E-state index contributed by atoms with van der Waals surface area (Å²) in [7, 11) is 0. The lowest BCUT2D eigenvalue weighted by molar-refractivity contribution is 0.197. The molecule has 0 aromatic heterocycles. The number of ether oxygens (including phenoxy) is 1. The molecule has 1 unspecified atom stereocenters. The van der Waals surface area contributed by atoms with E-state index in [1.54, 1.807) is 0 Å². The molecule has 0 fully saturated rings. The summed E-state index contributed by atoms with van der Waals surface area (Å²) in [5.74, 6) is 0.993. The van der Waals surface area contributed by atoms with Crippen LogP contribution in [0.4, 0.5) is 5.69 Å². The number of aryl methyl sites for hydroxylation is 1. The Balaban J connectivity index is 1.86. The van der Waals surface area contributed by atoms with Crippen LogP contribution in [0.5, 0.6) is 5.75 Å². The largest absolute Gasteiger partial charge is 0.482 e. The first-order chi connectivity index (χ1) is 10.8. The molecule has 0 spiro atoms. The van der Waals surface area contributed by atoms with Crippen LogP contribution in [0.25, 0.3) is 0 Å². The maximum absolute atomic E-state index is 6.27. The van der Waals surface area contributed by atoms with Crippen molar-refractivity contribution in [2.45, 2.75) is 25.9 Å². The van der Waals surface area contributed by atoms with Gasteiger partial charge in [0.1, 0.15) is 11.9 Å². The molecule has 2 aromatic rings. The summed E-state index contributed by atoms with van der Waals surface area (Å²) >= 11 is 0. The van der Waals surface area contributed by atoms with Crippen molar-refractivity contribution >= 4 is 5.69 Å². The predicted molar refractivity (Wildman–Crippen MR) is 91.5 cm³/mol. The predicted octanol–water partition coefficient (Wildman–Crippen LogP) is 3.67. The average molecular weight is 296 g/mol. The van der Waals surface area contributed by atoms with Gasteiger partial charge in [0.2, 0.25) is 0 Å². The van der Waals surface area contributed by atoms with Gasteiger partial charge in [-0.05, 0) is 49.6 Å². The van der Waals surface area contributed by atoms with Gasteiger partial charge in [0.15, 0.2) is 0 Å². The molecule has 3 heteroatoms. The van der Waals surface area contributed by atoms with Crippen molar-refractivity contribution in [3.8, 4) is 5.75 Å². The molecule has 2 aromatic carbocycles. The van der Waals surface area contributed by atoms with Crippen molar-refractivity contribution in [2.24, 2.45) is 5.73 Å². The molecule has 0 saturated heterocycles. The zero-order valence-corrected chi connectivity index (χ0v) is 13.2. The van der Waals surface area contributed by atoms with Crippen LogP contribution in [0.3, 0.4) is 0 Å². The van der Waals surface area contributed by atoms with Gasteiger partial charge in [-0.15, -0.1) is 0 Å². The molecule has 22 heavy (non-hydrogen) atoms. The topological polar surface area (TPSA) is 38.5 Å². The van der Waals surface area contributed by atoms with Gasteiger partial charge in [0.05, 0.1) is 12.2 Å². The number of unbranched alkanes of at least 4 members (excludes halogenated alkanes) is 1. The van der Waals surface area contributed by atoms with E-state index in [9.17, 15) is 0 Å². The normalized spacial score (nSPS) is 17.0. The van der Waals surface area contributed by atoms with Crippen LogP contribution in [0, 0.1) is 6.92 Å². The quantitative estimate of drug-likeness (QED) is 0.856. The molecule has 1 atom stereocenters. The highest BCUT2D eigenvalue weighted by molar-refractivity contribution is 5.61. The van der Waals surface area contributed by atoms with Gasteiger partial charge in [-0.25, -0.2) is 0 Å². The third-order valence-electron chi connectivity index (χ3n) is 4.16. The molecule has 0 radical (unpaired) electrons. The van der Waals surface area contributed by atoms with Crippen LogP contribution in [0.2, 0.25) is 0 Å². The van der Waals surface area contributed by atoms with Gasteiger partial charge >= 0.3 is 0 Å². The van der Waals surface area contributed by atoms with Crippen molar-refractivity contribution in [1.82, 2.24) is 0 Å². The van der Waals surface area contributed by atoms with Crippen LogP contribution in [-0.2, 0) is 0 Å². The second-order valence-electron chi connectivity index (χ2n) is 5.93. The lowest BCUT2D eigenvalue weighted by Crippen LogP contribution is -2.36. The van der Waals surface area contributed by atoms with Crippen molar-refractivity contribution < 1.29 is 4.74 Å². The van der Waals surface area contributed by atoms with E-state index in [2.05, 4.69) is 54.3 Å². The van der Waals surface area contributed by atoms with E-state index >= 15 is 0 Å². The first-order valence-corrected chi connectivity index (χ1v) is 8.05. The number of nitrogens with zero attached hydrogens (tertiary/aromatic N) is 1. The second kappa shape index (κ2) is 6.84. The maximum atomic E-state index is 6.27. The highest BCUT2D eigenvalue weighted by Crippen LogP contribution is 2.38. The molecule has 116 valence electrons. The number of hydrogen-bond acceptors (Lipinski definition) is 3. The fourth-order valence-electron chi connectivity index (χ4n) is 2.97. The molecule has 2 N–H and O–H groups in total. The van der Waals surface area contributed by atoms with E-state index in [0.717, 1.165) is 38.2 Å². The third-order valence-corrected chi connectivity index (χ3v) is 4.16. The summed E-state index contributed by atoms with van der Waals surface area (Å²) in [6.07, 6.45) is 2.27. The molecule has 3 nitrogen and oxygen atoms in total. The van der Waals surface area contributed by atoms with Crippen molar-refractivity contribution in [3.05, 3.63) is 59.7 Å². The summed E-state index contributed by atoms with van der Waals surface area (Å²) in [4.78, 5) is 2.44. The third kappa shape index (κ3) is 3.25. The van der Waals surface area contributed by atoms with E-state index in [1.165, 1.54) is 16.8 Å². The lowest BCUT2D eigenvalue weighted by Gasteiger charge is -2.36. The van der Waals surface area contributed by atoms with E-state index in [-0.39, 0.29) is 6.10 Å². The molecule has 0 bridgehead atoms. The molecule has 1 aliphatic heterocycles. The van der Waals surface area contributed by atoms with Gasteiger partial charge in [-0.3, -0.25) is 0 Å². The zero-order valence-electron chi connectivity index (χ0n) is 13.2. The first-order valence-electron chi connectivity index (χ1n) is 8.05. The molecular formula is C19H24N2O. The van der Waals surface area contributed by atoms with E-state index < -0.39 is 0 Å². The fraction of sp³-hybridized carbons (Fsp3) is 0.368. The van der Waals surface area contributed by atoms with Crippen molar-refractivity contribution in [2.75, 3.05) is 24.5 Å². The number of nitrogens with two attached hydrogens (primary N) is 1. The van der Waals surface area contributed by atoms with Gasteiger partial charge < -0.3 is 15.4 Å². The molecule has 0 amide bonds. The second-order valence-corrected chi connectivity index (χ2v) is 5.93. The van der Waals surface area contributed by atoms with E-state index in [1.807, 2.05) is 6.07 Å². The molecule has 0 saturated carbocycles. The molecule has 1 heterocycles. The Kier molecular flexibility index (Phi) is 4.64. The number of anilines is 1. The minimum absolute atomic E-state index is 0.0911. The lowest BCUT2D eigenvalue weighted by atomic mass is 10.0. The number of rotatable bonds is 5. The molecule has 0 aliphatic carbocycles. The van der Waals surface area contributed by atoms with Crippen LogP contribution in [0.1, 0.15) is 30.1 Å². The van der Waals surface area contributed by atoms with Gasteiger partial charge in [-0.2, -0.15) is 0 Å². The van der Waals surface area contributed by atoms with E-state index in [0.29, 0.717) is 0 Å². The van der Waals surface area contributed by atoms with E-state index in [4.69, 9.17) is 10.5 Å². The minimum Gasteiger partial charge on any atom is -0.482 e. The molecule has 1 aliphatic rings. The van der Waals surface area contributed by atoms with Crippen LogP contribution in [-0.4, -0.2) is 19.6 Å². The number of hydrogen-bond donors (Lipinski definition) is 1. The molecular weight excluding hydrogens is 272 g/mol. The minimum atomic E-state index is 0.0911. The SMILES string of the molecule is Cc1ccc2c(c1)OC(c1ccccc1)CN2CCCCN. The Hall–Kier alpha value is -2.00. The standard InChI is InChI=1S/C19H24N2O/c1-15-9-10-17-18(13-15)22-19(16-7-3-2-4-8-16)14-21(17)12-6-5-11-20/h2-4,7-10,13,19H,5-6,11-12,14,20H2,1H3. The Morgan fingerprint density at radius 2 is 1.95 bits per heavy atom. The summed E-state index contributed by atoms with van der Waals surface area (Å²) in [6.45, 7) is 4.78. The Morgan fingerprint density at radius 1 is 1.14 bits per heavy atom. The first kappa shape index (κ1) is 14.9. The zero-order chi connectivity index (χ0) is 15.4. The summed E-state index contributed by atoms with van der Waals surface area (Å²) in [5.41, 5.74) is 9.30. The van der Waals surface area contributed by atoms with Gasteiger partial charge in [0.25, 0.3) is 0 Å². The van der Waals surface area contributed by atoms with Crippen molar-refractivity contribution in [3.63, 3.8) is 0 Å². The monoisotopic (exact) mass is 296 g/mol. The Bertz CT molecular complexity index is 612. The highest BCUT2D eigenvalue weighted by atomic mass is 16.5. The summed E-state index contributed by atoms with van der Waals surface area (Å²) in [6, 6.07) is 16.9. The van der Waals surface area contributed by atoms with Crippen LogP contribution < -0.4 is 15.4 Å².